The number of nitrogens with one attached hydrogen (secondary N) is 1. The molecule has 1 rings (SSSR count). The molecule has 0 saturated heterocycles. The van der Waals surface area contributed by atoms with Crippen molar-refractivity contribution in [2.45, 2.75) is 25.6 Å². The molecule has 7 nitrogen and oxygen atoms in total. The number of H-pyrrole nitrogens is 1. The number of aliphatic hydroxyl groups excluding tert-OH is 2. The van der Waals surface area contributed by atoms with Gasteiger partial charge < -0.3 is 14.9 Å². The van der Waals surface area contributed by atoms with E-state index >= 15 is 0 Å². The smallest absolute Gasteiger partial charge is 0.356 e. The lowest BCUT2D eigenvalue weighted by molar-refractivity contribution is -0.109. The number of aromatic amines is 1. The van der Waals surface area contributed by atoms with E-state index in [2.05, 4.69) is 14.9 Å². The molecule has 0 spiro atoms. The Hall–Kier alpha value is -1.38. The highest BCUT2D eigenvalue weighted by molar-refractivity contribution is 8.13. The molecule has 2 atom stereocenters. The molecule has 0 bridgehead atoms. The van der Waals surface area contributed by atoms with Gasteiger partial charge in [0.2, 0.25) is 0 Å². The van der Waals surface area contributed by atoms with Crippen LogP contribution >= 0.6 is 11.8 Å². The molecule has 0 aliphatic rings. The first-order valence-corrected chi connectivity index (χ1v) is 6.57. The molecular formula is C11H16N2O5S. The Morgan fingerprint density at radius 1 is 1.53 bits per heavy atom. The molecule has 2 unspecified atom stereocenters. The molecule has 0 saturated carbocycles. The monoisotopic (exact) mass is 288 g/mol. The maximum absolute atomic E-state index is 11.4. The molecule has 0 amide bonds. The summed E-state index contributed by atoms with van der Waals surface area (Å²) in [5.74, 6) is -0.282. The fourth-order valence-corrected chi connectivity index (χ4v) is 2.12. The summed E-state index contributed by atoms with van der Waals surface area (Å²) in [6.07, 6.45) is -0.872. The average molecular weight is 288 g/mol. The predicted molar refractivity (Wildman–Crippen MR) is 68.6 cm³/mol. The van der Waals surface area contributed by atoms with Gasteiger partial charge in [-0.05, 0) is 6.42 Å². The van der Waals surface area contributed by atoms with Crippen molar-refractivity contribution in [3.63, 3.8) is 0 Å². The Balaban J connectivity index is 2.66. The van der Waals surface area contributed by atoms with Crippen molar-refractivity contribution >= 4 is 22.8 Å². The summed E-state index contributed by atoms with van der Waals surface area (Å²) in [6, 6.07) is 0. The van der Waals surface area contributed by atoms with Crippen LogP contribution in [0.5, 0.6) is 0 Å². The first kappa shape index (κ1) is 15.7. The lowest BCUT2D eigenvalue weighted by atomic mass is 10.0. The summed E-state index contributed by atoms with van der Waals surface area (Å²) >= 11 is 1.06. The van der Waals surface area contributed by atoms with E-state index in [-0.39, 0.29) is 22.8 Å². The molecular weight excluding hydrogens is 272 g/mol. The topological polar surface area (TPSA) is 113 Å². The molecule has 1 heterocycles. The van der Waals surface area contributed by atoms with Crippen LogP contribution in [0, 0.1) is 0 Å². The zero-order valence-corrected chi connectivity index (χ0v) is 11.4. The second-order valence-corrected chi connectivity index (χ2v) is 5.10. The highest BCUT2D eigenvalue weighted by Gasteiger charge is 2.25. The van der Waals surface area contributed by atoms with Gasteiger partial charge in [-0.25, -0.2) is 4.79 Å². The maximum Gasteiger partial charge on any atom is 0.356 e. The van der Waals surface area contributed by atoms with Gasteiger partial charge in [-0.15, -0.1) is 0 Å². The Kier molecular flexibility index (Phi) is 6.00. The Morgan fingerprint density at radius 2 is 2.21 bits per heavy atom. The quantitative estimate of drug-likeness (QED) is 0.643. The summed E-state index contributed by atoms with van der Waals surface area (Å²) in [5.41, 5.74) is 0.181. The highest BCUT2D eigenvalue weighted by Crippen LogP contribution is 2.22. The van der Waals surface area contributed by atoms with Crippen LogP contribution in [-0.2, 0) is 9.53 Å². The molecule has 0 fully saturated rings. The maximum atomic E-state index is 11.4. The summed E-state index contributed by atoms with van der Waals surface area (Å²) in [4.78, 5) is 22.1. The number of nitrogens with zero attached hydrogens (tertiary/aromatic N) is 1. The number of hydrogen-bond acceptors (Lipinski definition) is 7. The van der Waals surface area contributed by atoms with Gasteiger partial charge >= 0.3 is 5.97 Å². The number of methoxy groups -OCH3 is 1. The molecule has 0 aromatic carbocycles. The van der Waals surface area contributed by atoms with Crippen molar-refractivity contribution in [3.8, 4) is 0 Å². The van der Waals surface area contributed by atoms with E-state index in [1.54, 1.807) is 0 Å². The largest absolute Gasteiger partial charge is 0.464 e. The standard InChI is InChI=1S/C11H16N2O5S/c1-6(14)19-4-3-8(15)10(16)7-5-12-13-9(7)11(17)18-2/h5,8,10,15-16H,3-4H2,1-2H3,(H,12,13). The van der Waals surface area contributed by atoms with Crippen molar-refractivity contribution in [3.05, 3.63) is 17.5 Å². The molecule has 1 aromatic heterocycles. The molecule has 3 N–H and O–H groups in total. The number of ether oxygens (including phenoxy) is 1. The summed E-state index contributed by atoms with van der Waals surface area (Å²) in [7, 11) is 1.21. The number of hydrogen-bond donors (Lipinski definition) is 3. The van der Waals surface area contributed by atoms with Crippen molar-refractivity contribution < 1.29 is 24.5 Å². The van der Waals surface area contributed by atoms with Crippen LogP contribution in [0.25, 0.3) is 0 Å². The fraction of sp³-hybridized carbons (Fsp3) is 0.545. The Labute approximate surface area is 114 Å². The van der Waals surface area contributed by atoms with E-state index in [0.29, 0.717) is 5.75 Å². The van der Waals surface area contributed by atoms with Gasteiger partial charge in [0.25, 0.3) is 0 Å². The van der Waals surface area contributed by atoms with Crippen LogP contribution < -0.4 is 0 Å². The lowest BCUT2D eigenvalue weighted by Gasteiger charge is -2.17. The Morgan fingerprint density at radius 3 is 2.79 bits per heavy atom. The second kappa shape index (κ2) is 7.27. The van der Waals surface area contributed by atoms with Gasteiger partial charge in [0, 0.05) is 18.2 Å². The molecule has 8 heteroatoms. The van der Waals surface area contributed by atoms with Gasteiger partial charge in [0.05, 0.1) is 19.4 Å². The highest BCUT2D eigenvalue weighted by atomic mass is 32.2. The number of aromatic nitrogens is 2. The summed E-state index contributed by atoms with van der Waals surface area (Å²) < 4.78 is 4.53. The molecule has 0 radical (unpaired) electrons. The van der Waals surface area contributed by atoms with Gasteiger partial charge in [-0.3, -0.25) is 9.89 Å². The van der Waals surface area contributed by atoms with Crippen LogP contribution in [0.2, 0.25) is 0 Å². The van der Waals surface area contributed by atoms with E-state index < -0.39 is 18.2 Å². The number of aliphatic hydroxyl groups is 2. The van der Waals surface area contributed by atoms with Crippen LogP contribution in [0.3, 0.4) is 0 Å². The minimum absolute atomic E-state index is 0.00766. The third kappa shape index (κ3) is 4.34. The molecule has 1 aromatic rings. The van der Waals surface area contributed by atoms with E-state index in [1.165, 1.54) is 20.2 Å². The van der Waals surface area contributed by atoms with Crippen LogP contribution in [0.15, 0.2) is 6.20 Å². The van der Waals surface area contributed by atoms with E-state index in [4.69, 9.17) is 0 Å². The van der Waals surface area contributed by atoms with Crippen LogP contribution in [-0.4, -0.2) is 50.5 Å². The number of carbonyl (C=O) groups is 2. The third-order valence-corrected chi connectivity index (χ3v) is 3.31. The molecule has 19 heavy (non-hydrogen) atoms. The number of rotatable bonds is 6. The SMILES string of the molecule is COC(=O)c1[nH]ncc1C(O)C(O)CCSC(C)=O. The normalized spacial score (nSPS) is 13.9. The predicted octanol–water partition coefficient (Wildman–Crippen LogP) is 0.260. The van der Waals surface area contributed by atoms with E-state index in [1.807, 2.05) is 0 Å². The number of thioether (sulfide) groups is 1. The summed E-state index contributed by atoms with van der Waals surface area (Å²) in [5, 5.41) is 25.8. The summed E-state index contributed by atoms with van der Waals surface area (Å²) in [6.45, 7) is 1.43. The first-order chi connectivity index (χ1) is 8.97. The zero-order chi connectivity index (χ0) is 14.4. The average Bonchev–Trinajstić information content (AvgIpc) is 2.85. The number of carbonyl (C=O) groups excluding carboxylic acids is 2. The van der Waals surface area contributed by atoms with Crippen molar-refractivity contribution in [1.82, 2.24) is 10.2 Å². The van der Waals surface area contributed by atoms with E-state index in [0.717, 1.165) is 11.8 Å². The van der Waals surface area contributed by atoms with Crippen molar-refractivity contribution in [2.75, 3.05) is 12.9 Å². The zero-order valence-electron chi connectivity index (χ0n) is 10.6. The van der Waals surface area contributed by atoms with Gasteiger partial charge in [-0.2, -0.15) is 5.10 Å². The number of esters is 1. The first-order valence-electron chi connectivity index (χ1n) is 5.58. The third-order valence-electron chi connectivity index (χ3n) is 2.46. The van der Waals surface area contributed by atoms with Gasteiger partial charge in [0.15, 0.2) is 5.12 Å². The molecule has 0 aliphatic carbocycles. The van der Waals surface area contributed by atoms with E-state index in [9.17, 15) is 19.8 Å². The Bertz CT molecular complexity index is 448. The molecule has 0 aliphatic heterocycles. The molecule has 106 valence electrons. The lowest BCUT2D eigenvalue weighted by Crippen LogP contribution is -2.21. The van der Waals surface area contributed by atoms with Gasteiger partial charge in [-0.1, -0.05) is 11.8 Å². The van der Waals surface area contributed by atoms with Crippen LogP contribution in [0.1, 0.15) is 35.5 Å². The van der Waals surface area contributed by atoms with Crippen LogP contribution in [0.4, 0.5) is 0 Å². The van der Waals surface area contributed by atoms with Gasteiger partial charge in [0.1, 0.15) is 11.8 Å². The minimum atomic E-state index is -1.26. The van der Waals surface area contributed by atoms with Crippen molar-refractivity contribution in [2.24, 2.45) is 0 Å². The minimum Gasteiger partial charge on any atom is -0.464 e. The van der Waals surface area contributed by atoms with Crippen molar-refractivity contribution in [1.29, 1.82) is 0 Å². The fourth-order valence-electron chi connectivity index (χ4n) is 1.47. The second-order valence-electron chi connectivity index (χ2n) is 3.83.